The molecule has 2 heterocycles. The quantitative estimate of drug-likeness (QED) is 0.886. The molecule has 2 aliphatic heterocycles. The van der Waals surface area contributed by atoms with E-state index in [4.69, 9.17) is 0 Å². The number of nitrogens with zero attached hydrogens (tertiary/aromatic N) is 1. The number of rotatable bonds is 2. The Hall–Kier alpha value is -0.570. The molecule has 2 aliphatic rings. The summed E-state index contributed by atoms with van der Waals surface area (Å²) < 4.78 is 0. The molecule has 0 amide bonds. The Morgan fingerprint density at radius 2 is 2.11 bits per heavy atom. The second-order valence-electron chi connectivity index (χ2n) is 5.65. The third-order valence-corrected chi connectivity index (χ3v) is 4.07. The summed E-state index contributed by atoms with van der Waals surface area (Å²) in [6.07, 6.45) is 2.75. The molecular weight excluding hydrogens is 244 g/mol. The van der Waals surface area contributed by atoms with E-state index in [1.807, 2.05) is 0 Å². The van der Waals surface area contributed by atoms with E-state index in [1.165, 1.54) is 38.0 Å². The van der Waals surface area contributed by atoms with Gasteiger partial charge in [-0.1, -0.05) is 23.8 Å². The molecule has 100 valence electrons. The van der Waals surface area contributed by atoms with Crippen molar-refractivity contribution in [1.82, 2.24) is 10.2 Å². The molecule has 0 spiro atoms. The lowest BCUT2D eigenvalue weighted by atomic mass is 9.99. The van der Waals surface area contributed by atoms with Crippen LogP contribution in [0.2, 0.25) is 0 Å². The van der Waals surface area contributed by atoms with E-state index in [0.717, 1.165) is 19.0 Å². The molecule has 0 saturated carbocycles. The van der Waals surface area contributed by atoms with Gasteiger partial charge in [0, 0.05) is 19.6 Å². The Kier molecular flexibility index (Phi) is 4.66. The summed E-state index contributed by atoms with van der Waals surface area (Å²) >= 11 is 0. The van der Waals surface area contributed by atoms with Crippen LogP contribution in [-0.2, 0) is 13.1 Å². The predicted octanol–water partition coefficient (Wildman–Crippen LogP) is 2.73. The molecule has 1 aromatic rings. The lowest BCUT2D eigenvalue weighted by molar-refractivity contribution is 0.211. The molecular formula is C15H23ClN2. The summed E-state index contributed by atoms with van der Waals surface area (Å²) in [6.45, 7) is 8.20. The standard InChI is InChI=1S/C15H22N2.ClH/c1-12-4-5-14-10-17(11-15(14)7-12)9-13-3-2-6-16-8-13;/h4-5,7,13,16H,2-3,6,8-11H2,1H3;1H. The van der Waals surface area contributed by atoms with Gasteiger partial charge in [-0.05, 0) is 49.9 Å². The van der Waals surface area contributed by atoms with Crippen molar-refractivity contribution in [2.45, 2.75) is 32.9 Å². The zero-order valence-corrected chi connectivity index (χ0v) is 11.9. The fourth-order valence-corrected chi connectivity index (χ4v) is 3.17. The molecule has 2 nitrogen and oxygen atoms in total. The highest BCUT2D eigenvalue weighted by Gasteiger charge is 2.22. The van der Waals surface area contributed by atoms with Gasteiger partial charge in [0.1, 0.15) is 0 Å². The molecule has 3 rings (SSSR count). The van der Waals surface area contributed by atoms with Crippen molar-refractivity contribution in [3.8, 4) is 0 Å². The first-order valence-electron chi connectivity index (χ1n) is 6.83. The maximum atomic E-state index is 3.51. The van der Waals surface area contributed by atoms with Crippen molar-refractivity contribution in [1.29, 1.82) is 0 Å². The van der Waals surface area contributed by atoms with E-state index in [0.29, 0.717) is 0 Å². The zero-order valence-electron chi connectivity index (χ0n) is 11.1. The van der Waals surface area contributed by atoms with Gasteiger partial charge in [-0.25, -0.2) is 0 Å². The Bertz CT molecular complexity index is 399. The Balaban J connectivity index is 0.00000120. The first-order chi connectivity index (χ1) is 8.31. The number of nitrogens with one attached hydrogen (secondary N) is 1. The van der Waals surface area contributed by atoms with Crippen molar-refractivity contribution < 1.29 is 0 Å². The largest absolute Gasteiger partial charge is 0.316 e. The molecule has 18 heavy (non-hydrogen) atoms. The van der Waals surface area contributed by atoms with Crippen LogP contribution >= 0.6 is 12.4 Å². The highest BCUT2D eigenvalue weighted by atomic mass is 35.5. The van der Waals surface area contributed by atoms with Crippen molar-refractivity contribution >= 4 is 12.4 Å². The second-order valence-corrected chi connectivity index (χ2v) is 5.65. The molecule has 1 saturated heterocycles. The van der Waals surface area contributed by atoms with Crippen molar-refractivity contribution in [2.75, 3.05) is 19.6 Å². The maximum absolute atomic E-state index is 3.51. The third-order valence-electron chi connectivity index (χ3n) is 4.07. The van der Waals surface area contributed by atoms with Crippen LogP contribution in [0.1, 0.15) is 29.5 Å². The monoisotopic (exact) mass is 266 g/mol. The molecule has 0 aliphatic carbocycles. The van der Waals surface area contributed by atoms with Gasteiger partial charge < -0.3 is 5.32 Å². The van der Waals surface area contributed by atoms with E-state index in [-0.39, 0.29) is 12.4 Å². The van der Waals surface area contributed by atoms with E-state index in [9.17, 15) is 0 Å². The average Bonchev–Trinajstić information content (AvgIpc) is 2.71. The van der Waals surface area contributed by atoms with Gasteiger partial charge in [0.2, 0.25) is 0 Å². The fourth-order valence-electron chi connectivity index (χ4n) is 3.17. The Morgan fingerprint density at radius 3 is 2.89 bits per heavy atom. The van der Waals surface area contributed by atoms with Crippen LogP contribution in [0, 0.1) is 12.8 Å². The van der Waals surface area contributed by atoms with Crippen LogP contribution in [-0.4, -0.2) is 24.5 Å². The van der Waals surface area contributed by atoms with Crippen LogP contribution in [0.25, 0.3) is 0 Å². The Labute approximate surface area is 116 Å². The highest BCUT2D eigenvalue weighted by molar-refractivity contribution is 5.85. The lowest BCUT2D eigenvalue weighted by Crippen LogP contribution is -2.36. The van der Waals surface area contributed by atoms with E-state index in [1.54, 1.807) is 11.1 Å². The SMILES string of the molecule is Cc1ccc2c(c1)CN(CC1CCCNC1)C2.Cl. The molecule has 1 unspecified atom stereocenters. The van der Waals surface area contributed by atoms with Gasteiger partial charge in [0.05, 0.1) is 0 Å². The number of fused-ring (bicyclic) bond motifs is 1. The summed E-state index contributed by atoms with van der Waals surface area (Å²) in [6, 6.07) is 6.91. The van der Waals surface area contributed by atoms with Crippen LogP contribution in [0.4, 0.5) is 0 Å². The third kappa shape index (κ3) is 3.05. The number of aryl methyl sites for hydroxylation is 1. The minimum atomic E-state index is 0. The van der Waals surface area contributed by atoms with Crippen LogP contribution in [0.3, 0.4) is 0 Å². The first-order valence-corrected chi connectivity index (χ1v) is 6.83. The summed E-state index contributed by atoms with van der Waals surface area (Å²) in [5.74, 6) is 0.860. The second kappa shape index (κ2) is 6.05. The number of halogens is 1. The van der Waals surface area contributed by atoms with Gasteiger partial charge in [-0.15, -0.1) is 12.4 Å². The predicted molar refractivity (Wildman–Crippen MR) is 78.1 cm³/mol. The molecule has 1 fully saturated rings. The number of hydrogen-bond acceptors (Lipinski definition) is 2. The van der Waals surface area contributed by atoms with Gasteiger partial charge in [0.15, 0.2) is 0 Å². The first kappa shape index (κ1) is 13.9. The zero-order chi connectivity index (χ0) is 11.7. The lowest BCUT2D eigenvalue weighted by Gasteiger charge is -2.27. The normalized spacial score (nSPS) is 23.5. The maximum Gasteiger partial charge on any atom is 0.0240 e. The van der Waals surface area contributed by atoms with E-state index in [2.05, 4.69) is 35.3 Å². The average molecular weight is 267 g/mol. The smallest absolute Gasteiger partial charge is 0.0240 e. The van der Waals surface area contributed by atoms with E-state index >= 15 is 0 Å². The molecule has 0 radical (unpaired) electrons. The Morgan fingerprint density at radius 1 is 1.28 bits per heavy atom. The van der Waals surface area contributed by atoms with Crippen LogP contribution in [0.5, 0.6) is 0 Å². The van der Waals surface area contributed by atoms with Gasteiger partial charge >= 0.3 is 0 Å². The van der Waals surface area contributed by atoms with Crippen LogP contribution < -0.4 is 5.32 Å². The van der Waals surface area contributed by atoms with Gasteiger partial charge in [0.25, 0.3) is 0 Å². The van der Waals surface area contributed by atoms with Crippen molar-refractivity contribution in [3.63, 3.8) is 0 Å². The molecule has 1 N–H and O–H groups in total. The molecule has 0 bridgehead atoms. The molecule has 0 aromatic heterocycles. The van der Waals surface area contributed by atoms with Crippen molar-refractivity contribution in [2.24, 2.45) is 5.92 Å². The number of benzene rings is 1. The minimum Gasteiger partial charge on any atom is -0.316 e. The summed E-state index contributed by atoms with van der Waals surface area (Å²) in [4.78, 5) is 2.61. The fraction of sp³-hybridized carbons (Fsp3) is 0.600. The minimum absolute atomic E-state index is 0. The topological polar surface area (TPSA) is 15.3 Å². The molecule has 1 aromatic carbocycles. The van der Waals surface area contributed by atoms with Gasteiger partial charge in [-0.3, -0.25) is 4.90 Å². The number of hydrogen-bond donors (Lipinski definition) is 1. The molecule has 3 heteroatoms. The summed E-state index contributed by atoms with van der Waals surface area (Å²) in [7, 11) is 0. The molecule has 1 atom stereocenters. The summed E-state index contributed by atoms with van der Waals surface area (Å²) in [5, 5.41) is 3.51. The van der Waals surface area contributed by atoms with E-state index < -0.39 is 0 Å². The summed E-state index contributed by atoms with van der Waals surface area (Å²) in [5.41, 5.74) is 4.48. The van der Waals surface area contributed by atoms with Crippen LogP contribution in [0.15, 0.2) is 18.2 Å². The van der Waals surface area contributed by atoms with Gasteiger partial charge in [-0.2, -0.15) is 0 Å². The highest BCUT2D eigenvalue weighted by Crippen LogP contribution is 2.25. The van der Waals surface area contributed by atoms with Crippen molar-refractivity contribution in [3.05, 3.63) is 34.9 Å². The number of piperidine rings is 1.